The Hall–Kier alpha value is -2.88. The largest absolute Gasteiger partial charge is 0.497 e. The SMILES string of the molecule is COc1ccc(CN(Cc2ccc(OC)cc2)S(=O)(=O)c2cc(C3(N(C)C)CC3)n(C(C)C)n2)cc1. The molecule has 0 saturated heterocycles. The van der Waals surface area contributed by atoms with Gasteiger partial charge in [-0.2, -0.15) is 9.40 Å². The number of hydrogen-bond donors (Lipinski definition) is 0. The minimum absolute atomic E-state index is 0.0398. The molecule has 1 saturated carbocycles. The van der Waals surface area contributed by atoms with Gasteiger partial charge in [-0.15, -0.1) is 0 Å². The van der Waals surface area contributed by atoms with Gasteiger partial charge < -0.3 is 9.47 Å². The summed E-state index contributed by atoms with van der Waals surface area (Å²) < 4.78 is 42.0. The predicted octanol–water partition coefficient (Wildman–Crippen LogP) is 4.42. The van der Waals surface area contributed by atoms with Crippen LogP contribution in [0.25, 0.3) is 0 Å². The Morgan fingerprint density at radius 1 is 0.917 bits per heavy atom. The van der Waals surface area contributed by atoms with Crippen LogP contribution in [0, 0.1) is 0 Å². The minimum atomic E-state index is -3.90. The Kier molecular flexibility index (Phi) is 7.45. The number of rotatable bonds is 11. The van der Waals surface area contributed by atoms with Crippen molar-refractivity contribution in [3.63, 3.8) is 0 Å². The topological polar surface area (TPSA) is 76.9 Å². The average Bonchev–Trinajstić information content (AvgIpc) is 3.55. The van der Waals surface area contributed by atoms with E-state index < -0.39 is 10.0 Å². The van der Waals surface area contributed by atoms with E-state index in [0.717, 1.165) is 41.2 Å². The quantitative estimate of drug-likeness (QED) is 0.379. The molecular weight excluding hydrogens is 476 g/mol. The van der Waals surface area contributed by atoms with Crippen molar-refractivity contribution in [2.24, 2.45) is 0 Å². The molecule has 9 heteroatoms. The maximum Gasteiger partial charge on any atom is 0.263 e. The Balaban J connectivity index is 1.73. The third-order valence-electron chi connectivity index (χ3n) is 6.90. The van der Waals surface area contributed by atoms with Crippen LogP contribution in [0.1, 0.15) is 49.6 Å². The number of ether oxygens (including phenoxy) is 2. The Morgan fingerprint density at radius 2 is 1.39 bits per heavy atom. The first-order valence-electron chi connectivity index (χ1n) is 12.1. The highest BCUT2D eigenvalue weighted by molar-refractivity contribution is 7.89. The van der Waals surface area contributed by atoms with Gasteiger partial charge in [-0.1, -0.05) is 24.3 Å². The van der Waals surface area contributed by atoms with Gasteiger partial charge in [0.25, 0.3) is 10.0 Å². The van der Waals surface area contributed by atoms with Crippen molar-refractivity contribution in [1.29, 1.82) is 0 Å². The van der Waals surface area contributed by atoms with Crippen LogP contribution in [0.5, 0.6) is 11.5 Å². The van der Waals surface area contributed by atoms with E-state index in [-0.39, 0.29) is 29.7 Å². The van der Waals surface area contributed by atoms with E-state index in [1.165, 1.54) is 4.31 Å². The lowest BCUT2D eigenvalue weighted by Crippen LogP contribution is -2.30. The minimum Gasteiger partial charge on any atom is -0.497 e. The van der Waals surface area contributed by atoms with Gasteiger partial charge in [-0.3, -0.25) is 9.58 Å². The lowest BCUT2D eigenvalue weighted by atomic mass is 10.1. The van der Waals surface area contributed by atoms with E-state index in [2.05, 4.69) is 10.00 Å². The second kappa shape index (κ2) is 10.2. The number of aromatic nitrogens is 2. The van der Waals surface area contributed by atoms with Crippen LogP contribution in [0.4, 0.5) is 0 Å². The second-order valence-electron chi connectivity index (χ2n) is 9.80. The molecule has 1 heterocycles. The molecule has 0 bridgehead atoms. The predicted molar refractivity (Wildman–Crippen MR) is 140 cm³/mol. The lowest BCUT2D eigenvalue weighted by molar-refractivity contribution is 0.254. The molecule has 0 atom stereocenters. The highest BCUT2D eigenvalue weighted by atomic mass is 32.2. The van der Waals surface area contributed by atoms with Crippen LogP contribution in [0.2, 0.25) is 0 Å². The molecule has 194 valence electrons. The number of benzene rings is 2. The molecule has 0 spiro atoms. The zero-order valence-electron chi connectivity index (χ0n) is 21.9. The summed E-state index contributed by atoms with van der Waals surface area (Å²) in [6.07, 6.45) is 1.97. The van der Waals surface area contributed by atoms with Crippen LogP contribution >= 0.6 is 0 Å². The zero-order chi connectivity index (χ0) is 26.1. The summed E-state index contributed by atoms with van der Waals surface area (Å²) in [5, 5.41) is 4.73. The summed E-state index contributed by atoms with van der Waals surface area (Å²) in [7, 11) is 3.40. The summed E-state index contributed by atoms with van der Waals surface area (Å²) in [4.78, 5) is 2.17. The van der Waals surface area contributed by atoms with Gasteiger partial charge >= 0.3 is 0 Å². The van der Waals surface area contributed by atoms with Crippen molar-refractivity contribution in [2.45, 2.75) is 56.4 Å². The van der Waals surface area contributed by atoms with Gasteiger partial charge in [0.1, 0.15) is 11.5 Å². The number of hydrogen-bond acceptors (Lipinski definition) is 6. The van der Waals surface area contributed by atoms with Crippen LogP contribution in [0.3, 0.4) is 0 Å². The van der Waals surface area contributed by atoms with Crippen molar-refractivity contribution in [3.8, 4) is 11.5 Å². The highest BCUT2D eigenvalue weighted by Crippen LogP contribution is 2.50. The lowest BCUT2D eigenvalue weighted by Gasteiger charge is -2.25. The Bertz CT molecular complexity index is 1230. The van der Waals surface area contributed by atoms with E-state index in [1.54, 1.807) is 20.3 Å². The first-order chi connectivity index (χ1) is 17.1. The Morgan fingerprint density at radius 3 is 1.75 bits per heavy atom. The fourth-order valence-electron chi connectivity index (χ4n) is 4.52. The Labute approximate surface area is 214 Å². The van der Waals surface area contributed by atoms with Gasteiger partial charge in [-0.05, 0) is 76.2 Å². The van der Waals surface area contributed by atoms with Crippen molar-refractivity contribution in [3.05, 3.63) is 71.4 Å². The van der Waals surface area contributed by atoms with Gasteiger partial charge in [-0.25, -0.2) is 8.42 Å². The van der Waals surface area contributed by atoms with E-state index in [9.17, 15) is 8.42 Å². The molecule has 1 aliphatic rings. The average molecular weight is 513 g/mol. The molecule has 8 nitrogen and oxygen atoms in total. The molecule has 0 unspecified atom stereocenters. The molecule has 1 aromatic heterocycles. The van der Waals surface area contributed by atoms with E-state index in [1.807, 2.05) is 81.2 Å². The molecule has 0 aliphatic heterocycles. The van der Waals surface area contributed by atoms with Crippen LogP contribution < -0.4 is 9.47 Å². The normalized spacial score (nSPS) is 15.0. The van der Waals surface area contributed by atoms with E-state index >= 15 is 0 Å². The summed E-state index contributed by atoms with van der Waals surface area (Å²) in [5.41, 5.74) is 2.52. The smallest absolute Gasteiger partial charge is 0.263 e. The maximum atomic E-state index is 14.1. The van der Waals surface area contributed by atoms with Crippen molar-refractivity contribution in [1.82, 2.24) is 19.0 Å². The molecular formula is C27H36N4O4S. The highest BCUT2D eigenvalue weighted by Gasteiger charge is 2.50. The third-order valence-corrected chi connectivity index (χ3v) is 8.57. The van der Waals surface area contributed by atoms with E-state index in [4.69, 9.17) is 9.47 Å². The van der Waals surface area contributed by atoms with Crippen molar-refractivity contribution in [2.75, 3.05) is 28.3 Å². The molecule has 4 rings (SSSR count). The monoisotopic (exact) mass is 512 g/mol. The molecule has 36 heavy (non-hydrogen) atoms. The zero-order valence-corrected chi connectivity index (χ0v) is 22.7. The number of sulfonamides is 1. The summed E-state index contributed by atoms with van der Waals surface area (Å²) in [6, 6.07) is 16.7. The van der Waals surface area contributed by atoms with Crippen molar-refractivity contribution < 1.29 is 17.9 Å². The molecule has 0 radical (unpaired) electrons. The summed E-state index contributed by atoms with van der Waals surface area (Å²) in [6.45, 7) is 4.48. The molecule has 1 fully saturated rings. The van der Waals surface area contributed by atoms with Crippen molar-refractivity contribution >= 4 is 10.0 Å². The van der Waals surface area contributed by atoms with Crippen LogP contribution in [-0.2, 0) is 28.7 Å². The van der Waals surface area contributed by atoms with Gasteiger partial charge in [0, 0.05) is 25.2 Å². The first-order valence-corrected chi connectivity index (χ1v) is 13.6. The molecule has 3 aromatic rings. The first kappa shape index (κ1) is 26.2. The summed E-state index contributed by atoms with van der Waals surface area (Å²) >= 11 is 0. The van der Waals surface area contributed by atoms with Crippen LogP contribution in [0.15, 0.2) is 59.6 Å². The van der Waals surface area contributed by atoms with Gasteiger partial charge in [0.2, 0.25) is 0 Å². The number of methoxy groups -OCH3 is 2. The van der Waals surface area contributed by atoms with Gasteiger partial charge in [0.05, 0.1) is 25.5 Å². The molecule has 1 aliphatic carbocycles. The van der Waals surface area contributed by atoms with E-state index in [0.29, 0.717) is 0 Å². The fourth-order valence-corrected chi connectivity index (χ4v) is 5.87. The van der Waals surface area contributed by atoms with Gasteiger partial charge in [0.15, 0.2) is 5.03 Å². The molecule has 0 N–H and O–H groups in total. The summed E-state index contributed by atoms with van der Waals surface area (Å²) in [5.74, 6) is 1.45. The fraction of sp³-hybridized carbons (Fsp3) is 0.444. The molecule has 0 amide bonds. The number of nitrogens with zero attached hydrogens (tertiary/aromatic N) is 4. The molecule has 2 aromatic carbocycles. The van der Waals surface area contributed by atoms with Crippen LogP contribution in [-0.4, -0.2) is 55.7 Å². The maximum absolute atomic E-state index is 14.1. The standard InChI is InChI=1S/C27H36N4O4S/c1-20(2)31-25(27(15-16-27)29(3)4)17-26(28-31)36(32,33)30(18-21-7-11-23(34-5)12-8-21)19-22-9-13-24(35-6)14-10-22/h7-14,17,20H,15-16,18-19H2,1-6H3. The third kappa shape index (κ3) is 5.14. The second-order valence-corrected chi connectivity index (χ2v) is 11.7.